The molecular weight excluding hydrogens is 242 g/mol. The standard InChI is InChI=1S/C14H19N3O2/c1-17(12-8-15-9-12)10-14(19)16-13(18)7-11-5-3-2-4-6-11/h2-6,12,15H,7-10H2,1H3,(H,16,18,19). The van der Waals surface area contributed by atoms with Gasteiger partial charge >= 0.3 is 0 Å². The van der Waals surface area contributed by atoms with Crippen LogP contribution in [0.1, 0.15) is 5.56 Å². The molecule has 0 atom stereocenters. The van der Waals surface area contributed by atoms with Crippen molar-refractivity contribution in [3.8, 4) is 0 Å². The van der Waals surface area contributed by atoms with Crippen molar-refractivity contribution in [2.24, 2.45) is 0 Å². The maximum atomic E-state index is 11.7. The number of carbonyl (C=O) groups excluding carboxylic acids is 2. The number of hydrogen-bond acceptors (Lipinski definition) is 4. The van der Waals surface area contributed by atoms with E-state index in [2.05, 4.69) is 10.6 Å². The summed E-state index contributed by atoms with van der Waals surface area (Å²) >= 11 is 0. The second kappa shape index (κ2) is 6.45. The van der Waals surface area contributed by atoms with E-state index in [1.54, 1.807) is 0 Å². The van der Waals surface area contributed by atoms with E-state index in [0.717, 1.165) is 18.7 Å². The number of rotatable bonds is 5. The number of amides is 2. The van der Waals surface area contributed by atoms with Crippen molar-refractivity contribution in [1.82, 2.24) is 15.5 Å². The molecule has 5 heteroatoms. The van der Waals surface area contributed by atoms with Crippen molar-refractivity contribution in [1.29, 1.82) is 0 Å². The van der Waals surface area contributed by atoms with E-state index in [-0.39, 0.29) is 24.8 Å². The van der Waals surface area contributed by atoms with Crippen LogP contribution in [0.4, 0.5) is 0 Å². The van der Waals surface area contributed by atoms with E-state index in [9.17, 15) is 9.59 Å². The van der Waals surface area contributed by atoms with Gasteiger partial charge in [0.05, 0.1) is 13.0 Å². The zero-order chi connectivity index (χ0) is 13.7. The first-order valence-electron chi connectivity index (χ1n) is 6.42. The van der Waals surface area contributed by atoms with Gasteiger partial charge in [0, 0.05) is 19.1 Å². The molecular formula is C14H19N3O2. The van der Waals surface area contributed by atoms with E-state index in [1.165, 1.54) is 0 Å². The van der Waals surface area contributed by atoms with Gasteiger partial charge in [-0.25, -0.2) is 0 Å². The zero-order valence-electron chi connectivity index (χ0n) is 11.1. The molecule has 0 aromatic heterocycles. The van der Waals surface area contributed by atoms with Gasteiger partial charge in [-0.05, 0) is 12.6 Å². The van der Waals surface area contributed by atoms with Crippen LogP contribution in [-0.2, 0) is 16.0 Å². The molecule has 1 saturated heterocycles. The van der Waals surface area contributed by atoms with Crippen molar-refractivity contribution < 1.29 is 9.59 Å². The molecule has 0 saturated carbocycles. The normalized spacial score (nSPS) is 15.1. The Kier molecular flexibility index (Phi) is 4.65. The summed E-state index contributed by atoms with van der Waals surface area (Å²) in [6, 6.07) is 9.79. The van der Waals surface area contributed by atoms with Crippen LogP contribution in [0.2, 0.25) is 0 Å². The number of hydrogen-bond donors (Lipinski definition) is 2. The maximum Gasteiger partial charge on any atom is 0.240 e. The van der Waals surface area contributed by atoms with Gasteiger partial charge in [0.2, 0.25) is 11.8 Å². The van der Waals surface area contributed by atoms with E-state index in [4.69, 9.17) is 0 Å². The summed E-state index contributed by atoms with van der Waals surface area (Å²) in [7, 11) is 1.90. The van der Waals surface area contributed by atoms with Crippen molar-refractivity contribution >= 4 is 11.8 Å². The highest BCUT2D eigenvalue weighted by Crippen LogP contribution is 2.01. The fourth-order valence-corrected chi connectivity index (χ4v) is 1.96. The minimum atomic E-state index is -0.253. The van der Waals surface area contributed by atoms with Crippen LogP contribution in [0.3, 0.4) is 0 Å². The Balaban J connectivity index is 1.74. The monoisotopic (exact) mass is 261 g/mol. The fourth-order valence-electron chi connectivity index (χ4n) is 1.96. The number of imide groups is 1. The van der Waals surface area contributed by atoms with E-state index in [1.807, 2.05) is 42.3 Å². The van der Waals surface area contributed by atoms with Crippen LogP contribution in [0.25, 0.3) is 0 Å². The van der Waals surface area contributed by atoms with Gasteiger partial charge in [0.15, 0.2) is 0 Å². The lowest BCUT2D eigenvalue weighted by Crippen LogP contribution is -2.57. The largest absolute Gasteiger partial charge is 0.314 e. The topological polar surface area (TPSA) is 61.4 Å². The molecule has 1 aromatic rings. The Bertz CT molecular complexity index is 443. The molecule has 0 bridgehead atoms. The quantitative estimate of drug-likeness (QED) is 0.769. The third-order valence-electron chi connectivity index (χ3n) is 3.26. The van der Waals surface area contributed by atoms with Crippen molar-refractivity contribution in [2.45, 2.75) is 12.5 Å². The van der Waals surface area contributed by atoms with E-state index < -0.39 is 0 Å². The van der Waals surface area contributed by atoms with Gasteiger partial charge in [-0.1, -0.05) is 30.3 Å². The Morgan fingerprint density at radius 3 is 2.53 bits per heavy atom. The maximum absolute atomic E-state index is 11.7. The first-order valence-corrected chi connectivity index (χ1v) is 6.42. The van der Waals surface area contributed by atoms with Crippen LogP contribution in [0.5, 0.6) is 0 Å². The van der Waals surface area contributed by atoms with E-state index >= 15 is 0 Å². The molecule has 102 valence electrons. The average Bonchev–Trinajstić information content (AvgIpc) is 2.26. The number of nitrogens with one attached hydrogen (secondary N) is 2. The lowest BCUT2D eigenvalue weighted by atomic mass is 10.1. The molecule has 0 spiro atoms. The van der Waals surface area contributed by atoms with Gasteiger partial charge in [0.1, 0.15) is 0 Å². The predicted octanol–water partition coefficient (Wildman–Crippen LogP) is -0.224. The first kappa shape index (κ1) is 13.7. The van der Waals surface area contributed by atoms with Crippen molar-refractivity contribution in [3.05, 3.63) is 35.9 Å². The lowest BCUT2D eigenvalue weighted by Gasteiger charge is -2.35. The van der Waals surface area contributed by atoms with Gasteiger partial charge in [-0.3, -0.25) is 19.8 Å². The third-order valence-corrected chi connectivity index (χ3v) is 3.26. The molecule has 1 aliphatic heterocycles. The SMILES string of the molecule is CN(CC(=O)NC(=O)Cc1ccccc1)C1CNC1. The lowest BCUT2D eigenvalue weighted by molar-refractivity contribution is -0.130. The second-order valence-corrected chi connectivity index (χ2v) is 4.86. The highest BCUT2D eigenvalue weighted by Gasteiger charge is 2.23. The molecule has 1 aliphatic rings. The third kappa shape index (κ3) is 4.15. The zero-order valence-corrected chi connectivity index (χ0v) is 11.1. The number of benzene rings is 1. The molecule has 0 unspecified atom stereocenters. The predicted molar refractivity (Wildman–Crippen MR) is 72.6 cm³/mol. The molecule has 1 aromatic carbocycles. The summed E-state index contributed by atoms with van der Waals surface area (Å²) in [5.74, 6) is -0.494. The van der Waals surface area contributed by atoms with Gasteiger partial charge in [-0.2, -0.15) is 0 Å². The Morgan fingerprint density at radius 1 is 1.26 bits per heavy atom. The highest BCUT2D eigenvalue weighted by molar-refractivity contribution is 5.96. The minimum Gasteiger partial charge on any atom is -0.314 e. The summed E-state index contributed by atoms with van der Waals surface area (Å²) in [5.41, 5.74) is 0.907. The molecule has 2 N–H and O–H groups in total. The molecule has 1 fully saturated rings. The molecule has 19 heavy (non-hydrogen) atoms. The Labute approximate surface area is 113 Å². The number of carbonyl (C=O) groups is 2. The molecule has 0 aliphatic carbocycles. The Morgan fingerprint density at radius 2 is 1.95 bits per heavy atom. The van der Waals surface area contributed by atoms with Crippen molar-refractivity contribution in [3.63, 3.8) is 0 Å². The molecule has 1 heterocycles. The molecule has 2 amide bonds. The van der Waals surface area contributed by atoms with Gasteiger partial charge in [-0.15, -0.1) is 0 Å². The number of nitrogens with zero attached hydrogens (tertiary/aromatic N) is 1. The molecule has 2 rings (SSSR count). The van der Waals surface area contributed by atoms with Crippen LogP contribution >= 0.6 is 0 Å². The van der Waals surface area contributed by atoms with Crippen molar-refractivity contribution in [2.75, 3.05) is 26.7 Å². The Hall–Kier alpha value is -1.72. The van der Waals surface area contributed by atoms with Crippen LogP contribution in [-0.4, -0.2) is 49.4 Å². The molecule has 0 radical (unpaired) electrons. The molecule has 5 nitrogen and oxygen atoms in total. The van der Waals surface area contributed by atoms with Gasteiger partial charge < -0.3 is 5.32 Å². The smallest absolute Gasteiger partial charge is 0.240 e. The van der Waals surface area contributed by atoms with Crippen LogP contribution < -0.4 is 10.6 Å². The first-order chi connectivity index (χ1) is 9.15. The van der Waals surface area contributed by atoms with E-state index in [0.29, 0.717) is 6.04 Å². The van der Waals surface area contributed by atoms with Crippen LogP contribution in [0.15, 0.2) is 30.3 Å². The summed E-state index contributed by atoms with van der Waals surface area (Å²) in [5, 5.41) is 5.57. The number of likely N-dealkylation sites (N-methyl/N-ethyl adjacent to an activating group) is 1. The summed E-state index contributed by atoms with van der Waals surface area (Å²) in [6.07, 6.45) is 0.237. The minimum absolute atomic E-state index is 0.237. The summed E-state index contributed by atoms with van der Waals surface area (Å²) in [4.78, 5) is 25.4. The fraction of sp³-hybridized carbons (Fsp3) is 0.429. The summed E-state index contributed by atoms with van der Waals surface area (Å²) in [6.45, 7) is 2.07. The second-order valence-electron chi connectivity index (χ2n) is 4.86. The summed E-state index contributed by atoms with van der Waals surface area (Å²) < 4.78 is 0. The average molecular weight is 261 g/mol. The van der Waals surface area contributed by atoms with Gasteiger partial charge in [0.25, 0.3) is 0 Å². The van der Waals surface area contributed by atoms with Crippen LogP contribution in [0, 0.1) is 0 Å². The highest BCUT2D eigenvalue weighted by atomic mass is 16.2.